The molecule has 0 atom stereocenters. The van der Waals surface area contributed by atoms with E-state index in [1.54, 1.807) is 24.4 Å². The SMILES string of the molecule is CN(C)CCCN=Cc1ccccc1[O-].[Na+]. The van der Waals surface area contributed by atoms with Gasteiger partial charge in [0.1, 0.15) is 0 Å². The van der Waals surface area contributed by atoms with Gasteiger partial charge in [-0.2, -0.15) is 0 Å². The van der Waals surface area contributed by atoms with E-state index < -0.39 is 0 Å². The quantitative estimate of drug-likeness (QED) is 0.337. The number of nitrogens with zero attached hydrogens (tertiary/aromatic N) is 2. The second-order valence-corrected chi connectivity index (χ2v) is 3.73. The zero-order valence-electron chi connectivity index (χ0n) is 10.3. The van der Waals surface area contributed by atoms with Gasteiger partial charge in [0.2, 0.25) is 0 Å². The van der Waals surface area contributed by atoms with Crippen LogP contribution in [0, 0.1) is 0 Å². The van der Waals surface area contributed by atoms with Crippen LogP contribution in [0.25, 0.3) is 0 Å². The van der Waals surface area contributed by atoms with Crippen LogP contribution in [0.4, 0.5) is 0 Å². The Morgan fingerprint density at radius 1 is 1.31 bits per heavy atom. The van der Waals surface area contributed by atoms with E-state index in [4.69, 9.17) is 0 Å². The van der Waals surface area contributed by atoms with Crippen LogP contribution in [0.2, 0.25) is 0 Å². The third-order valence-electron chi connectivity index (χ3n) is 2.04. The van der Waals surface area contributed by atoms with E-state index in [1.165, 1.54) is 0 Å². The molecule has 4 heteroatoms. The van der Waals surface area contributed by atoms with E-state index in [0.717, 1.165) is 19.5 Å². The molecule has 0 spiro atoms. The van der Waals surface area contributed by atoms with Gasteiger partial charge in [0.25, 0.3) is 0 Å². The summed E-state index contributed by atoms with van der Waals surface area (Å²) in [7, 11) is 4.08. The van der Waals surface area contributed by atoms with E-state index in [9.17, 15) is 5.11 Å². The maximum absolute atomic E-state index is 11.3. The summed E-state index contributed by atoms with van der Waals surface area (Å²) in [5, 5.41) is 11.3. The van der Waals surface area contributed by atoms with E-state index >= 15 is 0 Å². The fourth-order valence-electron chi connectivity index (χ4n) is 1.23. The largest absolute Gasteiger partial charge is 1.00 e. The molecule has 82 valence electrons. The van der Waals surface area contributed by atoms with E-state index in [1.807, 2.05) is 20.2 Å². The molecule has 1 aromatic rings. The predicted octanol–water partition coefficient (Wildman–Crippen LogP) is -1.87. The topological polar surface area (TPSA) is 38.7 Å². The Hall–Kier alpha value is -0.350. The van der Waals surface area contributed by atoms with Gasteiger partial charge in [-0.3, -0.25) is 4.99 Å². The predicted molar refractivity (Wildman–Crippen MR) is 61.5 cm³/mol. The van der Waals surface area contributed by atoms with Crippen molar-refractivity contribution in [3.05, 3.63) is 29.8 Å². The maximum Gasteiger partial charge on any atom is 1.00 e. The molecule has 0 aliphatic heterocycles. The summed E-state index contributed by atoms with van der Waals surface area (Å²) in [4.78, 5) is 6.34. The van der Waals surface area contributed by atoms with Crippen LogP contribution in [0.3, 0.4) is 0 Å². The molecule has 0 unspecified atom stereocenters. The van der Waals surface area contributed by atoms with Crippen LogP contribution in [0.1, 0.15) is 12.0 Å². The molecular formula is C12H17N2NaO. The number of benzene rings is 1. The zero-order valence-corrected chi connectivity index (χ0v) is 12.3. The van der Waals surface area contributed by atoms with Crippen molar-refractivity contribution in [1.29, 1.82) is 0 Å². The monoisotopic (exact) mass is 228 g/mol. The Kier molecular flexibility index (Phi) is 8.57. The molecule has 0 aromatic heterocycles. The molecule has 0 heterocycles. The van der Waals surface area contributed by atoms with Gasteiger partial charge in [-0.1, -0.05) is 24.3 Å². The van der Waals surface area contributed by atoms with Crippen LogP contribution < -0.4 is 34.7 Å². The van der Waals surface area contributed by atoms with Crippen LogP contribution in [0.5, 0.6) is 5.75 Å². The smallest absolute Gasteiger partial charge is 0.872 e. The molecule has 0 saturated heterocycles. The summed E-state index contributed by atoms with van der Waals surface area (Å²) in [5.74, 6) is 0.0360. The van der Waals surface area contributed by atoms with Crippen molar-refractivity contribution in [3.8, 4) is 5.75 Å². The van der Waals surface area contributed by atoms with Crippen molar-refractivity contribution in [3.63, 3.8) is 0 Å². The fourth-order valence-corrected chi connectivity index (χ4v) is 1.23. The fraction of sp³-hybridized carbons (Fsp3) is 0.417. The number of hydrogen-bond acceptors (Lipinski definition) is 3. The Labute approximate surface area is 119 Å². The van der Waals surface area contributed by atoms with Crippen molar-refractivity contribution in [2.24, 2.45) is 4.99 Å². The third kappa shape index (κ3) is 6.28. The molecule has 16 heavy (non-hydrogen) atoms. The standard InChI is InChI=1S/C12H18N2O.Na/c1-14(2)9-5-8-13-10-11-6-3-4-7-12(11)15;/h3-4,6-7,10,15H,5,8-9H2,1-2H3;/q;+1/p-1. The van der Waals surface area contributed by atoms with Crippen molar-refractivity contribution in [1.82, 2.24) is 4.90 Å². The Bertz CT molecular complexity index is 327. The molecule has 0 saturated carbocycles. The van der Waals surface area contributed by atoms with Gasteiger partial charge in [0.15, 0.2) is 0 Å². The summed E-state index contributed by atoms with van der Waals surface area (Å²) in [6.07, 6.45) is 2.68. The van der Waals surface area contributed by atoms with Gasteiger partial charge in [-0.05, 0) is 32.6 Å². The van der Waals surface area contributed by atoms with Crippen molar-refractivity contribution in [2.75, 3.05) is 27.2 Å². The third-order valence-corrected chi connectivity index (χ3v) is 2.04. The summed E-state index contributed by atoms with van der Waals surface area (Å²) in [6, 6.07) is 6.94. The molecule has 0 amide bonds. The molecule has 3 nitrogen and oxygen atoms in total. The minimum atomic E-state index is 0. The first-order valence-electron chi connectivity index (χ1n) is 5.11. The maximum atomic E-state index is 11.3. The first-order valence-corrected chi connectivity index (χ1v) is 5.11. The average Bonchev–Trinajstić information content (AvgIpc) is 2.20. The minimum Gasteiger partial charge on any atom is -0.872 e. The minimum absolute atomic E-state index is 0. The molecule has 0 fully saturated rings. The van der Waals surface area contributed by atoms with E-state index in [0.29, 0.717) is 5.56 Å². The second-order valence-electron chi connectivity index (χ2n) is 3.73. The summed E-state index contributed by atoms with van der Waals surface area (Å²) in [5.41, 5.74) is 0.669. The Balaban J connectivity index is 0.00000225. The number of aliphatic imine (C=N–C) groups is 1. The van der Waals surface area contributed by atoms with Gasteiger partial charge < -0.3 is 10.0 Å². The first-order chi connectivity index (χ1) is 7.20. The summed E-state index contributed by atoms with van der Waals surface area (Å²) >= 11 is 0. The molecule has 0 aliphatic carbocycles. The number of rotatable bonds is 5. The molecule has 1 rings (SSSR count). The number of para-hydroxylation sites is 1. The second kappa shape index (κ2) is 8.76. The van der Waals surface area contributed by atoms with Gasteiger partial charge in [0.05, 0.1) is 0 Å². The molecule has 0 aliphatic rings. The molecule has 1 aromatic carbocycles. The normalized spacial score (nSPS) is 10.7. The van der Waals surface area contributed by atoms with Gasteiger partial charge >= 0.3 is 29.6 Å². The first kappa shape index (κ1) is 15.7. The van der Waals surface area contributed by atoms with E-state index in [2.05, 4.69) is 9.89 Å². The summed E-state index contributed by atoms with van der Waals surface area (Å²) < 4.78 is 0. The zero-order chi connectivity index (χ0) is 11.1. The average molecular weight is 228 g/mol. The Morgan fingerprint density at radius 3 is 2.62 bits per heavy atom. The molecular weight excluding hydrogens is 211 g/mol. The van der Waals surface area contributed by atoms with Crippen LogP contribution in [0.15, 0.2) is 29.3 Å². The van der Waals surface area contributed by atoms with E-state index in [-0.39, 0.29) is 35.3 Å². The number of hydrogen-bond donors (Lipinski definition) is 0. The molecule has 0 N–H and O–H groups in total. The van der Waals surface area contributed by atoms with Gasteiger partial charge in [-0.25, -0.2) is 0 Å². The summed E-state index contributed by atoms with van der Waals surface area (Å²) in [6.45, 7) is 1.79. The van der Waals surface area contributed by atoms with Gasteiger partial charge in [0, 0.05) is 12.8 Å². The van der Waals surface area contributed by atoms with Crippen molar-refractivity contribution in [2.45, 2.75) is 6.42 Å². The van der Waals surface area contributed by atoms with Crippen LogP contribution in [-0.4, -0.2) is 38.3 Å². The van der Waals surface area contributed by atoms with Gasteiger partial charge in [-0.15, -0.1) is 5.75 Å². The molecule has 0 bridgehead atoms. The Morgan fingerprint density at radius 2 is 2.00 bits per heavy atom. The van der Waals surface area contributed by atoms with Crippen LogP contribution in [-0.2, 0) is 0 Å². The van der Waals surface area contributed by atoms with Crippen molar-refractivity contribution >= 4 is 6.21 Å². The molecule has 0 radical (unpaired) electrons. The van der Waals surface area contributed by atoms with Crippen molar-refractivity contribution < 1.29 is 34.7 Å². The van der Waals surface area contributed by atoms with Crippen LogP contribution >= 0.6 is 0 Å².